The maximum absolute atomic E-state index is 11.3. The molecule has 2 rings (SSSR count). The Hall–Kier alpha value is -1.39. The fraction of sp³-hybridized carbons (Fsp3) is 0.500. The molecule has 15 heavy (non-hydrogen) atoms. The van der Waals surface area contributed by atoms with Crippen LogP contribution in [0.2, 0.25) is 0 Å². The van der Waals surface area contributed by atoms with E-state index in [0.29, 0.717) is 0 Å². The minimum Gasteiger partial charge on any atom is -0.390 e. The van der Waals surface area contributed by atoms with Gasteiger partial charge >= 0.3 is 0 Å². The van der Waals surface area contributed by atoms with Gasteiger partial charge in [0.1, 0.15) is 6.07 Å². The summed E-state index contributed by atoms with van der Waals surface area (Å²) in [5.41, 5.74) is 0. The van der Waals surface area contributed by atoms with Gasteiger partial charge in [0.15, 0.2) is 9.84 Å². The molecule has 2 heterocycles. The predicted octanol–water partition coefficient (Wildman–Crippen LogP) is -0.915. The second-order valence-corrected chi connectivity index (χ2v) is 5.64. The van der Waals surface area contributed by atoms with E-state index in [2.05, 4.69) is 4.98 Å². The van der Waals surface area contributed by atoms with Crippen molar-refractivity contribution in [3.63, 3.8) is 0 Å². The highest BCUT2D eigenvalue weighted by Gasteiger charge is 2.38. The molecule has 1 aliphatic rings. The van der Waals surface area contributed by atoms with E-state index in [1.165, 1.54) is 17.0 Å². The SMILES string of the molecule is N#Cc1nccn1C1CS(=O)(=O)CC1O. The Labute approximate surface area is 86.7 Å². The van der Waals surface area contributed by atoms with Gasteiger partial charge in [0.2, 0.25) is 5.82 Å². The van der Waals surface area contributed by atoms with Crippen LogP contribution in [0.5, 0.6) is 0 Å². The van der Waals surface area contributed by atoms with Crippen LogP contribution >= 0.6 is 0 Å². The van der Waals surface area contributed by atoms with Crippen LogP contribution in [0, 0.1) is 11.3 Å². The minimum absolute atomic E-state index is 0.121. The summed E-state index contributed by atoms with van der Waals surface area (Å²) in [4.78, 5) is 3.76. The van der Waals surface area contributed by atoms with Crippen molar-refractivity contribution >= 4 is 9.84 Å². The molecule has 0 bridgehead atoms. The molecular weight excluding hydrogens is 218 g/mol. The number of nitriles is 1. The lowest BCUT2D eigenvalue weighted by atomic mass is 10.2. The third kappa shape index (κ3) is 1.73. The number of aromatic nitrogens is 2. The van der Waals surface area contributed by atoms with Crippen LogP contribution in [-0.4, -0.2) is 40.7 Å². The van der Waals surface area contributed by atoms with Crippen molar-refractivity contribution in [2.45, 2.75) is 12.1 Å². The quantitative estimate of drug-likeness (QED) is 0.669. The van der Waals surface area contributed by atoms with Gasteiger partial charge in [-0.05, 0) is 0 Å². The minimum atomic E-state index is -3.20. The molecule has 6 nitrogen and oxygen atoms in total. The van der Waals surface area contributed by atoms with E-state index < -0.39 is 22.0 Å². The highest BCUT2D eigenvalue weighted by Crippen LogP contribution is 2.24. The molecule has 0 aromatic carbocycles. The van der Waals surface area contributed by atoms with Gasteiger partial charge < -0.3 is 9.67 Å². The Morgan fingerprint density at radius 3 is 2.87 bits per heavy atom. The Balaban J connectivity index is 2.38. The molecule has 0 aliphatic carbocycles. The first-order valence-corrected chi connectivity index (χ1v) is 6.17. The average Bonchev–Trinajstić information content (AvgIpc) is 2.69. The maximum atomic E-state index is 11.3. The predicted molar refractivity (Wildman–Crippen MR) is 50.6 cm³/mol. The summed E-state index contributed by atoms with van der Waals surface area (Å²) < 4.78 is 24.0. The first-order chi connectivity index (χ1) is 7.03. The second-order valence-electron chi connectivity index (χ2n) is 3.48. The molecule has 0 saturated carbocycles. The molecule has 2 atom stereocenters. The van der Waals surface area contributed by atoms with Crippen LogP contribution in [0.1, 0.15) is 11.9 Å². The smallest absolute Gasteiger partial charge is 0.213 e. The zero-order valence-electron chi connectivity index (χ0n) is 7.74. The number of sulfone groups is 1. The van der Waals surface area contributed by atoms with Crippen molar-refractivity contribution in [2.75, 3.05) is 11.5 Å². The van der Waals surface area contributed by atoms with Crippen LogP contribution in [0.15, 0.2) is 12.4 Å². The molecule has 2 unspecified atom stereocenters. The molecule has 1 fully saturated rings. The van der Waals surface area contributed by atoms with Gasteiger partial charge in [0.05, 0.1) is 23.7 Å². The van der Waals surface area contributed by atoms with Gasteiger partial charge in [0.25, 0.3) is 0 Å². The fourth-order valence-corrected chi connectivity index (χ4v) is 3.53. The third-order valence-electron chi connectivity index (χ3n) is 2.42. The number of aliphatic hydroxyl groups excluding tert-OH is 1. The van der Waals surface area contributed by atoms with Crippen LogP contribution in [0.3, 0.4) is 0 Å². The Kier molecular flexibility index (Phi) is 2.25. The lowest BCUT2D eigenvalue weighted by Crippen LogP contribution is -2.22. The first kappa shape index (κ1) is 10.1. The molecular formula is C8H9N3O3S. The highest BCUT2D eigenvalue weighted by atomic mass is 32.2. The zero-order chi connectivity index (χ0) is 11.1. The van der Waals surface area contributed by atoms with Crippen LogP contribution < -0.4 is 0 Å². The van der Waals surface area contributed by atoms with Crippen molar-refractivity contribution in [1.82, 2.24) is 9.55 Å². The van der Waals surface area contributed by atoms with E-state index in [4.69, 9.17) is 5.26 Å². The Morgan fingerprint density at radius 1 is 1.60 bits per heavy atom. The summed E-state index contributed by atoms with van der Waals surface area (Å²) in [5, 5.41) is 18.3. The summed E-state index contributed by atoms with van der Waals surface area (Å²) in [6, 6.07) is 1.26. The summed E-state index contributed by atoms with van der Waals surface area (Å²) in [5.74, 6) is -0.268. The van der Waals surface area contributed by atoms with E-state index >= 15 is 0 Å². The van der Waals surface area contributed by atoms with Gasteiger partial charge in [-0.25, -0.2) is 13.4 Å². The summed E-state index contributed by atoms with van der Waals surface area (Å²) in [7, 11) is -3.20. The number of aliphatic hydroxyl groups is 1. The van der Waals surface area contributed by atoms with E-state index in [-0.39, 0.29) is 17.3 Å². The van der Waals surface area contributed by atoms with E-state index in [0.717, 1.165) is 0 Å². The van der Waals surface area contributed by atoms with Crippen molar-refractivity contribution in [1.29, 1.82) is 5.26 Å². The molecule has 7 heteroatoms. The van der Waals surface area contributed by atoms with Crippen LogP contribution in [0.4, 0.5) is 0 Å². The third-order valence-corrected chi connectivity index (χ3v) is 4.12. The summed E-state index contributed by atoms with van der Waals surface area (Å²) >= 11 is 0. The fourth-order valence-electron chi connectivity index (χ4n) is 1.74. The van der Waals surface area contributed by atoms with Crippen LogP contribution in [0.25, 0.3) is 0 Å². The monoisotopic (exact) mass is 227 g/mol. The number of imidazole rings is 1. The molecule has 0 spiro atoms. The average molecular weight is 227 g/mol. The van der Waals surface area contributed by atoms with E-state index in [9.17, 15) is 13.5 Å². The summed E-state index contributed by atoms with van der Waals surface area (Å²) in [6.07, 6.45) is 1.96. The normalized spacial score (nSPS) is 28.8. The van der Waals surface area contributed by atoms with E-state index in [1.807, 2.05) is 6.07 Å². The largest absolute Gasteiger partial charge is 0.390 e. The number of rotatable bonds is 1. The molecule has 1 aromatic rings. The number of hydrogen-bond donors (Lipinski definition) is 1. The van der Waals surface area contributed by atoms with Gasteiger partial charge in [-0.3, -0.25) is 0 Å². The standard InChI is InChI=1S/C8H9N3O3S/c9-3-8-10-1-2-11(8)6-4-15(13,14)5-7(6)12/h1-2,6-7,12H,4-5H2. The van der Waals surface area contributed by atoms with Crippen molar-refractivity contribution in [3.8, 4) is 6.07 Å². The van der Waals surface area contributed by atoms with Crippen LogP contribution in [-0.2, 0) is 9.84 Å². The highest BCUT2D eigenvalue weighted by molar-refractivity contribution is 7.91. The molecule has 1 aromatic heterocycles. The maximum Gasteiger partial charge on any atom is 0.213 e. The van der Waals surface area contributed by atoms with Crippen molar-refractivity contribution < 1.29 is 13.5 Å². The number of nitrogens with zero attached hydrogens (tertiary/aromatic N) is 3. The zero-order valence-corrected chi connectivity index (χ0v) is 8.55. The second kappa shape index (κ2) is 3.32. The lowest BCUT2D eigenvalue weighted by Gasteiger charge is -2.14. The van der Waals surface area contributed by atoms with Gasteiger partial charge in [-0.2, -0.15) is 5.26 Å². The van der Waals surface area contributed by atoms with Gasteiger partial charge in [0, 0.05) is 12.4 Å². The topological polar surface area (TPSA) is 96.0 Å². The Morgan fingerprint density at radius 2 is 2.33 bits per heavy atom. The van der Waals surface area contributed by atoms with Gasteiger partial charge in [-0.15, -0.1) is 0 Å². The Bertz CT molecular complexity index is 513. The number of hydrogen-bond acceptors (Lipinski definition) is 5. The summed E-state index contributed by atoms with van der Waals surface area (Å²) in [6.45, 7) is 0. The lowest BCUT2D eigenvalue weighted by molar-refractivity contribution is 0.152. The first-order valence-electron chi connectivity index (χ1n) is 4.35. The van der Waals surface area contributed by atoms with Gasteiger partial charge in [-0.1, -0.05) is 0 Å². The molecule has 1 aliphatic heterocycles. The molecule has 80 valence electrons. The molecule has 0 radical (unpaired) electrons. The van der Waals surface area contributed by atoms with E-state index in [1.54, 1.807) is 0 Å². The molecule has 0 amide bonds. The molecule has 1 N–H and O–H groups in total. The van der Waals surface area contributed by atoms with Crippen molar-refractivity contribution in [3.05, 3.63) is 18.2 Å². The molecule has 1 saturated heterocycles. The van der Waals surface area contributed by atoms with Crippen molar-refractivity contribution in [2.24, 2.45) is 0 Å².